The van der Waals surface area contributed by atoms with E-state index in [4.69, 9.17) is 0 Å². The van der Waals surface area contributed by atoms with Gasteiger partial charge in [-0.05, 0) is 68.4 Å². The Balaban J connectivity index is 1.71. The molecule has 0 radical (unpaired) electrons. The monoisotopic (exact) mass is 848 g/mol. The summed E-state index contributed by atoms with van der Waals surface area (Å²) in [7, 11) is -17.6. The smallest absolute Gasteiger partial charge is 0.290 e. The van der Waals surface area contributed by atoms with E-state index >= 15 is 0 Å². The van der Waals surface area contributed by atoms with E-state index < -0.39 is 74.1 Å². The van der Waals surface area contributed by atoms with Crippen LogP contribution in [0, 0.1) is 10.8 Å². The molecule has 0 saturated carbocycles. The van der Waals surface area contributed by atoms with Crippen molar-refractivity contribution >= 4 is 46.3 Å². The Hall–Kier alpha value is -2.91. The summed E-state index contributed by atoms with van der Waals surface area (Å²) < 4.78 is 135. The van der Waals surface area contributed by atoms with Crippen LogP contribution in [0.3, 0.4) is 0 Å². The van der Waals surface area contributed by atoms with Gasteiger partial charge in [0, 0.05) is 53.9 Å². The summed E-state index contributed by atoms with van der Waals surface area (Å²) >= 11 is 0. The molecule has 0 aromatic heterocycles. The first-order valence-corrected chi connectivity index (χ1v) is 24.3. The Labute approximate surface area is 325 Å². The molecule has 0 aromatic rings. The first kappa shape index (κ1) is 44.8. The van der Waals surface area contributed by atoms with E-state index in [-0.39, 0.29) is 43.0 Å². The van der Waals surface area contributed by atoms with Crippen molar-refractivity contribution in [2.24, 2.45) is 10.8 Å². The van der Waals surface area contributed by atoms with Crippen LogP contribution in [0.25, 0.3) is 0 Å². The minimum atomic E-state index is -4.51. The topological polar surface area (TPSA) is 241 Å². The summed E-state index contributed by atoms with van der Waals surface area (Å²) in [6, 6.07) is -0.498. The molecule has 2 heterocycles. The lowest BCUT2D eigenvalue weighted by atomic mass is 9.75. The Bertz CT molecular complexity index is 2190. The molecule has 308 valence electrons. The number of hydrogen-bond acceptors (Lipinski definition) is 11. The molecule has 2 aliphatic carbocycles. The zero-order valence-electron chi connectivity index (χ0n) is 31.5. The fourth-order valence-electron chi connectivity index (χ4n) is 8.04. The number of carbonyl (C=O) groups is 1. The number of rotatable bonds is 18. The van der Waals surface area contributed by atoms with Gasteiger partial charge in [0.15, 0.2) is 0 Å². The molecule has 0 saturated heterocycles. The molecule has 0 amide bonds. The third-order valence-electron chi connectivity index (χ3n) is 11.0. The van der Waals surface area contributed by atoms with Crippen molar-refractivity contribution in [3.8, 4) is 0 Å². The molecule has 4 rings (SSSR count). The van der Waals surface area contributed by atoms with Crippen LogP contribution in [0.15, 0.2) is 81.8 Å². The van der Waals surface area contributed by atoms with Gasteiger partial charge in [-0.25, -0.2) is 0 Å². The number of carbonyl (C=O) groups excluding carboxylic acids is 1. The third-order valence-corrected chi connectivity index (χ3v) is 14.5. The van der Waals surface area contributed by atoms with Crippen molar-refractivity contribution < 1.29 is 56.7 Å². The van der Waals surface area contributed by atoms with Gasteiger partial charge in [0.1, 0.15) is 11.0 Å². The van der Waals surface area contributed by atoms with Crippen LogP contribution < -0.4 is 0 Å². The predicted octanol–water partition coefficient (Wildman–Crippen LogP) is 5.01. The second kappa shape index (κ2) is 16.9. The molecule has 19 heteroatoms. The summed E-state index contributed by atoms with van der Waals surface area (Å²) in [6.45, 7) is 7.22. The van der Waals surface area contributed by atoms with Crippen molar-refractivity contribution in [1.29, 1.82) is 0 Å². The summed E-state index contributed by atoms with van der Waals surface area (Å²) in [6.07, 6.45) is 16.6. The van der Waals surface area contributed by atoms with E-state index in [0.29, 0.717) is 66.8 Å². The second-order valence-corrected chi connectivity index (χ2v) is 21.4. The fourth-order valence-corrected chi connectivity index (χ4v) is 10.2. The van der Waals surface area contributed by atoms with Gasteiger partial charge in [0.25, 0.3) is 40.5 Å². The van der Waals surface area contributed by atoms with Gasteiger partial charge in [-0.2, -0.15) is 33.7 Å². The second-order valence-electron chi connectivity index (χ2n) is 15.1. The van der Waals surface area contributed by atoms with E-state index in [1.54, 1.807) is 47.1 Å². The van der Waals surface area contributed by atoms with Crippen molar-refractivity contribution in [2.75, 3.05) is 24.6 Å². The highest BCUT2D eigenvalue weighted by molar-refractivity contribution is 7.89. The minimum absolute atomic E-state index is 0.00931. The van der Waals surface area contributed by atoms with Crippen molar-refractivity contribution in [2.45, 2.75) is 96.8 Å². The molecule has 4 N–H and O–H groups in total. The van der Waals surface area contributed by atoms with Crippen LogP contribution in [0.2, 0.25) is 0 Å². The average Bonchev–Trinajstić information content (AvgIpc) is 3.43. The first-order chi connectivity index (χ1) is 25.3. The molecular formula is C36H52N2O13S4. The van der Waals surface area contributed by atoms with Gasteiger partial charge in [-0.3, -0.25) is 23.0 Å². The molecule has 2 aliphatic heterocycles. The number of hydrogen-bond donors (Lipinski definition) is 4. The number of unbranched alkanes of at least 4 members (excludes halogenated alkanes) is 2. The van der Waals surface area contributed by atoms with Gasteiger partial charge >= 0.3 is 0 Å². The Morgan fingerprint density at radius 3 is 2.13 bits per heavy atom. The van der Waals surface area contributed by atoms with Crippen LogP contribution >= 0.6 is 0 Å². The van der Waals surface area contributed by atoms with E-state index in [0.717, 1.165) is 0 Å². The van der Waals surface area contributed by atoms with Gasteiger partial charge < -0.3 is 9.80 Å². The fraction of sp³-hybridized carbons (Fsp3) is 0.583. The van der Waals surface area contributed by atoms with Crippen LogP contribution in [0.5, 0.6) is 0 Å². The number of Topliss-reactive ketones (excluding diaryl/α,β-unsaturated/α-hetero) is 1. The molecule has 0 bridgehead atoms. The Kier molecular flexibility index (Phi) is 13.8. The maximum Gasteiger partial charge on any atom is 0.290 e. The van der Waals surface area contributed by atoms with Crippen molar-refractivity contribution in [3.05, 3.63) is 81.8 Å². The Morgan fingerprint density at radius 1 is 0.873 bits per heavy atom. The molecule has 4 aliphatic rings. The number of allylic oxidation sites excluding steroid dienone is 9. The summed E-state index contributed by atoms with van der Waals surface area (Å²) in [5, 5.41) is -1.17. The first-order valence-electron chi connectivity index (χ1n) is 18.1. The van der Waals surface area contributed by atoms with Gasteiger partial charge in [0.05, 0.1) is 22.5 Å². The molecule has 0 spiro atoms. The minimum Gasteiger partial charge on any atom is -0.363 e. The zero-order chi connectivity index (χ0) is 41.2. The SMILES string of the molecule is CCC(=O)CCCCCC1(C)C2=C(CCC(S(=O)(=O)O)=C2)N(CCS(=O)(=O)O)\C1=C/C=C/C=C/C1N(CCS(=O)(=O)O)C2=C(CC(S(=O)(=O)O)C=C2)C1(C)C. The summed E-state index contributed by atoms with van der Waals surface area (Å²) in [5.41, 5.74) is 1.62. The van der Waals surface area contributed by atoms with Crippen LogP contribution in [-0.2, 0) is 45.3 Å². The summed E-state index contributed by atoms with van der Waals surface area (Å²) in [4.78, 5) is 15.3. The van der Waals surface area contributed by atoms with Gasteiger partial charge in [0.2, 0.25) is 0 Å². The lowest BCUT2D eigenvalue weighted by Gasteiger charge is -2.34. The molecular weight excluding hydrogens is 797 g/mol. The highest BCUT2D eigenvalue weighted by Crippen LogP contribution is 2.54. The van der Waals surface area contributed by atoms with E-state index in [9.17, 15) is 56.7 Å². The molecule has 0 aromatic carbocycles. The third kappa shape index (κ3) is 10.9. The van der Waals surface area contributed by atoms with E-state index in [1.807, 2.05) is 20.8 Å². The average molecular weight is 849 g/mol. The maximum atomic E-state index is 12.2. The van der Waals surface area contributed by atoms with Gasteiger partial charge in [-0.15, -0.1) is 0 Å². The molecule has 3 atom stereocenters. The zero-order valence-corrected chi connectivity index (χ0v) is 34.7. The van der Waals surface area contributed by atoms with Gasteiger partial charge in [-0.1, -0.05) is 64.0 Å². The predicted molar refractivity (Wildman–Crippen MR) is 209 cm³/mol. The van der Waals surface area contributed by atoms with E-state index in [1.165, 1.54) is 18.2 Å². The normalized spacial score (nSPS) is 25.5. The number of ketones is 1. The lowest BCUT2D eigenvalue weighted by molar-refractivity contribution is -0.118. The van der Waals surface area contributed by atoms with Crippen molar-refractivity contribution in [3.63, 3.8) is 0 Å². The Morgan fingerprint density at radius 2 is 1.53 bits per heavy atom. The molecule has 55 heavy (non-hydrogen) atoms. The molecule has 0 fully saturated rings. The highest BCUT2D eigenvalue weighted by atomic mass is 32.2. The lowest BCUT2D eigenvalue weighted by Crippen LogP contribution is -2.39. The molecule has 3 unspecified atom stereocenters. The standard InChI is InChI=1S/C36H52N2O13S4/c1-5-26(39)12-8-7-11-19-36(4)30-25-28(55(49,50)51)16-18-32(30)38(21-23-53(43,44)45)34(36)14-10-6-9-13-33-35(2,3)29-24-27(54(46,47)48)15-17-31(29)37(33)20-22-52(40,41)42/h6,9-10,13-15,17,25,27,33H,5,7-8,11-12,16,18-24H2,1-4H3,(H,40,41,42)(H,43,44,45)(H,46,47,48)(H,49,50,51)/b10-6+,13-9+,34-14-. The quantitative estimate of drug-likeness (QED) is 0.0805. The maximum absolute atomic E-state index is 12.2. The summed E-state index contributed by atoms with van der Waals surface area (Å²) in [5.74, 6) is -1.03. The number of nitrogens with zero attached hydrogens (tertiary/aromatic N) is 2. The van der Waals surface area contributed by atoms with Crippen molar-refractivity contribution in [1.82, 2.24) is 9.80 Å². The largest absolute Gasteiger partial charge is 0.363 e. The van der Waals surface area contributed by atoms with Crippen LogP contribution in [0.1, 0.15) is 85.5 Å². The highest BCUT2D eigenvalue weighted by Gasteiger charge is 2.48. The van der Waals surface area contributed by atoms with Crippen LogP contribution in [-0.4, -0.2) is 103 Å². The van der Waals surface area contributed by atoms with Crippen LogP contribution in [0.4, 0.5) is 0 Å². The van der Waals surface area contributed by atoms with E-state index in [2.05, 4.69) is 0 Å². The molecule has 15 nitrogen and oxygen atoms in total.